The van der Waals surface area contributed by atoms with Crippen LogP contribution < -0.4 is 5.32 Å². The number of rotatable bonds is 7. The highest BCUT2D eigenvalue weighted by molar-refractivity contribution is 6.35. The maximum absolute atomic E-state index is 9.53. The molecular weight excluding hydrogens is 269 g/mol. The lowest BCUT2D eigenvalue weighted by Crippen LogP contribution is -2.48. The van der Waals surface area contributed by atoms with E-state index < -0.39 is 0 Å². The highest BCUT2D eigenvalue weighted by atomic mass is 35.5. The molecule has 2 nitrogen and oxygen atoms in total. The molecule has 0 amide bonds. The second-order valence-corrected chi connectivity index (χ2v) is 5.48. The Balaban J connectivity index is 2.74. The molecule has 1 atom stereocenters. The summed E-state index contributed by atoms with van der Waals surface area (Å²) in [6, 6.07) is 5.43. The van der Waals surface area contributed by atoms with Crippen molar-refractivity contribution in [2.45, 2.75) is 25.3 Å². The summed E-state index contributed by atoms with van der Waals surface area (Å²) < 4.78 is 0. The molecule has 1 unspecified atom stereocenters. The monoisotopic (exact) mass is 287 g/mol. The Kier molecular flexibility index (Phi) is 6.16. The van der Waals surface area contributed by atoms with Gasteiger partial charge in [0, 0.05) is 15.6 Å². The van der Waals surface area contributed by atoms with Gasteiger partial charge < -0.3 is 10.4 Å². The highest BCUT2D eigenvalue weighted by Crippen LogP contribution is 2.24. The summed E-state index contributed by atoms with van der Waals surface area (Å²) >= 11 is 12.0. The van der Waals surface area contributed by atoms with Crippen LogP contribution in [0.5, 0.6) is 0 Å². The van der Waals surface area contributed by atoms with Crippen LogP contribution in [0.2, 0.25) is 10.0 Å². The number of hydrogen-bond donors (Lipinski definition) is 2. The lowest BCUT2D eigenvalue weighted by atomic mass is 9.93. The molecule has 0 spiro atoms. The third-order valence-corrected chi connectivity index (χ3v) is 3.43. The van der Waals surface area contributed by atoms with Crippen molar-refractivity contribution in [2.24, 2.45) is 0 Å². The third kappa shape index (κ3) is 4.62. The first-order valence-corrected chi connectivity index (χ1v) is 6.67. The first kappa shape index (κ1) is 15.5. The predicted octanol–water partition coefficient (Wildman–Crippen LogP) is 3.45. The molecule has 0 radical (unpaired) electrons. The summed E-state index contributed by atoms with van der Waals surface area (Å²) in [7, 11) is 0. The van der Waals surface area contributed by atoms with Crippen LogP contribution in [0.15, 0.2) is 30.9 Å². The van der Waals surface area contributed by atoms with Crippen LogP contribution in [0.3, 0.4) is 0 Å². The summed E-state index contributed by atoms with van der Waals surface area (Å²) in [4.78, 5) is 0. The van der Waals surface area contributed by atoms with Crippen molar-refractivity contribution in [3.05, 3.63) is 46.5 Å². The van der Waals surface area contributed by atoms with Crippen LogP contribution in [0.4, 0.5) is 0 Å². The molecule has 0 fully saturated rings. The van der Waals surface area contributed by atoms with Crippen LogP contribution in [0.1, 0.15) is 18.9 Å². The molecule has 0 saturated heterocycles. The molecule has 18 heavy (non-hydrogen) atoms. The van der Waals surface area contributed by atoms with Crippen molar-refractivity contribution in [1.29, 1.82) is 0 Å². The Hall–Kier alpha value is -0.540. The van der Waals surface area contributed by atoms with E-state index in [4.69, 9.17) is 23.2 Å². The highest BCUT2D eigenvalue weighted by Gasteiger charge is 2.23. The largest absolute Gasteiger partial charge is 0.394 e. The van der Waals surface area contributed by atoms with E-state index in [2.05, 4.69) is 11.9 Å². The quantitative estimate of drug-likeness (QED) is 0.595. The predicted molar refractivity (Wildman–Crippen MR) is 78.5 cm³/mol. The summed E-state index contributed by atoms with van der Waals surface area (Å²) in [6.07, 6.45) is 3.36. The van der Waals surface area contributed by atoms with E-state index in [1.807, 2.05) is 25.1 Å². The molecule has 100 valence electrons. The molecule has 1 aromatic carbocycles. The first-order valence-electron chi connectivity index (χ1n) is 5.91. The molecule has 0 saturated carbocycles. The molecule has 0 aliphatic carbocycles. The van der Waals surface area contributed by atoms with Gasteiger partial charge in [-0.2, -0.15) is 0 Å². The van der Waals surface area contributed by atoms with Gasteiger partial charge in [0.1, 0.15) is 0 Å². The van der Waals surface area contributed by atoms with Gasteiger partial charge in [-0.25, -0.2) is 0 Å². The molecule has 0 heterocycles. The van der Waals surface area contributed by atoms with Gasteiger partial charge in [-0.15, -0.1) is 6.58 Å². The summed E-state index contributed by atoms with van der Waals surface area (Å²) in [6.45, 7) is 6.48. The van der Waals surface area contributed by atoms with Crippen molar-refractivity contribution in [1.82, 2.24) is 5.32 Å². The number of nitrogens with one attached hydrogen (secondary N) is 1. The fourth-order valence-electron chi connectivity index (χ4n) is 1.74. The average molecular weight is 288 g/mol. The maximum atomic E-state index is 9.53. The first-order chi connectivity index (χ1) is 8.50. The van der Waals surface area contributed by atoms with Gasteiger partial charge in [0.25, 0.3) is 0 Å². The number of benzene rings is 1. The van der Waals surface area contributed by atoms with Crippen LogP contribution in [0, 0.1) is 0 Å². The second-order valence-electron chi connectivity index (χ2n) is 4.64. The average Bonchev–Trinajstić information content (AvgIpc) is 2.33. The SMILES string of the molecule is C=CCCNC(C)(CO)Cc1ccc(Cl)cc1Cl. The van der Waals surface area contributed by atoms with Crippen LogP contribution >= 0.6 is 23.2 Å². The van der Waals surface area contributed by atoms with Gasteiger partial charge >= 0.3 is 0 Å². The van der Waals surface area contributed by atoms with Gasteiger partial charge in [0.05, 0.1) is 6.61 Å². The van der Waals surface area contributed by atoms with Crippen molar-refractivity contribution in [3.63, 3.8) is 0 Å². The normalized spacial score (nSPS) is 14.2. The maximum Gasteiger partial charge on any atom is 0.0613 e. The molecule has 0 aromatic heterocycles. The Morgan fingerprint density at radius 1 is 1.44 bits per heavy atom. The van der Waals surface area contributed by atoms with Crippen molar-refractivity contribution in [3.8, 4) is 0 Å². The van der Waals surface area contributed by atoms with Crippen LogP contribution in [-0.4, -0.2) is 23.8 Å². The third-order valence-electron chi connectivity index (χ3n) is 2.84. The number of aliphatic hydroxyl groups excluding tert-OH is 1. The lowest BCUT2D eigenvalue weighted by molar-refractivity contribution is 0.175. The van der Waals surface area contributed by atoms with E-state index in [9.17, 15) is 5.11 Å². The fraction of sp³-hybridized carbons (Fsp3) is 0.429. The molecular formula is C14H19Cl2NO. The minimum atomic E-state index is -0.388. The van der Waals surface area contributed by atoms with Gasteiger partial charge in [-0.3, -0.25) is 0 Å². The van der Waals surface area contributed by atoms with Gasteiger partial charge in [0.15, 0.2) is 0 Å². The van der Waals surface area contributed by atoms with Crippen LogP contribution in [-0.2, 0) is 6.42 Å². The van der Waals surface area contributed by atoms with Gasteiger partial charge in [-0.1, -0.05) is 35.3 Å². The Labute approximate surface area is 119 Å². The lowest BCUT2D eigenvalue weighted by Gasteiger charge is -2.29. The van der Waals surface area contributed by atoms with E-state index in [-0.39, 0.29) is 12.1 Å². The molecule has 1 rings (SSSR count). The van der Waals surface area contributed by atoms with Crippen LogP contribution in [0.25, 0.3) is 0 Å². The zero-order chi connectivity index (χ0) is 13.6. The number of aliphatic hydroxyl groups is 1. The second kappa shape index (κ2) is 7.15. The zero-order valence-electron chi connectivity index (χ0n) is 10.5. The number of halogens is 2. The van der Waals surface area contributed by atoms with Gasteiger partial charge in [0.2, 0.25) is 0 Å². The van der Waals surface area contributed by atoms with Gasteiger partial charge in [-0.05, 0) is 44.0 Å². The summed E-state index contributed by atoms with van der Waals surface area (Å²) in [5.74, 6) is 0. The smallest absolute Gasteiger partial charge is 0.0613 e. The topological polar surface area (TPSA) is 32.3 Å². The standard InChI is InChI=1S/C14H19Cl2NO/c1-3-4-7-17-14(2,10-18)9-11-5-6-12(15)8-13(11)16/h3,5-6,8,17-18H,1,4,7,9-10H2,2H3. The van der Waals surface area contributed by atoms with E-state index >= 15 is 0 Å². The zero-order valence-corrected chi connectivity index (χ0v) is 12.1. The Morgan fingerprint density at radius 2 is 2.17 bits per heavy atom. The molecule has 0 aliphatic heterocycles. The Morgan fingerprint density at radius 3 is 2.72 bits per heavy atom. The summed E-state index contributed by atoms with van der Waals surface area (Å²) in [5, 5.41) is 14.1. The molecule has 2 N–H and O–H groups in total. The van der Waals surface area contributed by atoms with E-state index in [0.717, 1.165) is 18.5 Å². The minimum Gasteiger partial charge on any atom is -0.394 e. The Bertz CT molecular complexity index is 409. The minimum absolute atomic E-state index is 0.0447. The van der Waals surface area contributed by atoms with Crippen molar-refractivity contribution in [2.75, 3.05) is 13.2 Å². The summed E-state index contributed by atoms with van der Waals surface area (Å²) in [5.41, 5.74) is 0.587. The molecule has 0 bridgehead atoms. The van der Waals surface area contributed by atoms with E-state index in [0.29, 0.717) is 16.5 Å². The molecule has 0 aliphatic rings. The fourth-order valence-corrected chi connectivity index (χ4v) is 2.21. The number of hydrogen-bond acceptors (Lipinski definition) is 2. The molecule has 1 aromatic rings. The van der Waals surface area contributed by atoms with E-state index in [1.165, 1.54) is 0 Å². The van der Waals surface area contributed by atoms with E-state index in [1.54, 1.807) is 6.07 Å². The van der Waals surface area contributed by atoms with Crippen molar-refractivity contribution < 1.29 is 5.11 Å². The van der Waals surface area contributed by atoms with Crippen molar-refractivity contribution >= 4 is 23.2 Å². The molecule has 4 heteroatoms.